The average Bonchev–Trinajstić information content (AvgIpc) is 2.38. The fourth-order valence-corrected chi connectivity index (χ4v) is 3.46. The summed E-state index contributed by atoms with van der Waals surface area (Å²) in [6, 6.07) is 4.78. The van der Waals surface area contributed by atoms with Gasteiger partial charge in [-0.3, -0.25) is 4.79 Å². The molecule has 1 aliphatic rings. The molecule has 2 rings (SSSR count). The van der Waals surface area contributed by atoms with Crippen LogP contribution in [-0.2, 0) is 0 Å². The topological polar surface area (TPSA) is 20.3 Å². The Hall–Kier alpha value is -0.420. The molecule has 0 radical (unpaired) electrons. The van der Waals surface area contributed by atoms with Gasteiger partial charge in [-0.25, -0.2) is 4.39 Å². The molecule has 0 bridgehead atoms. The molecule has 2 nitrogen and oxygen atoms in total. The largest absolute Gasteiger partial charge is 0.335 e. The third-order valence-electron chi connectivity index (χ3n) is 3.24. The number of hydrogen-bond donors (Lipinski definition) is 0. The second-order valence-corrected chi connectivity index (χ2v) is 5.90. The first kappa shape index (κ1) is 14.0. The monoisotopic (exact) mass is 377 g/mol. The fourth-order valence-electron chi connectivity index (χ4n) is 2.27. The van der Waals surface area contributed by atoms with Crippen molar-refractivity contribution in [2.24, 2.45) is 0 Å². The van der Waals surface area contributed by atoms with Gasteiger partial charge in [-0.2, -0.15) is 0 Å². The smallest absolute Gasteiger partial charge is 0.258 e. The average molecular weight is 379 g/mol. The molecule has 1 saturated heterocycles. The molecular weight excluding hydrogens is 365 g/mol. The molecule has 1 aliphatic heterocycles. The third kappa shape index (κ3) is 2.77. The van der Waals surface area contributed by atoms with Gasteiger partial charge in [0.15, 0.2) is 0 Å². The van der Waals surface area contributed by atoms with Gasteiger partial charge in [-0.05, 0) is 47.3 Å². The summed E-state index contributed by atoms with van der Waals surface area (Å²) >= 11 is 6.69. The quantitative estimate of drug-likeness (QED) is 0.713. The molecule has 5 heteroatoms. The molecule has 0 N–H and O–H groups in total. The van der Waals surface area contributed by atoms with Crippen LogP contribution in [0.1, 0.15) is 29.6 Å². The van der Waals surface area contributed by atoms with Crippen LogP contribution in [-0.4, -0.2) is 28.7 Å². The molecule has 0 spiro atoms. The minimum Gasteiger partial charge on any atom is -0.335 e. The maximum Gasteiger partial charge on any atom is 0.258 e. The van der Waals surface area contributed by atoms with Crippen LogP contribution < -0.4 is 0 Å². The fraction of sp³-hybridized carbons (Fsp3) is 0.462. The van der Waals surface area contributed by atoms with Crippen LogP contribution in [0.4, 0.5) is 4.39 Å². The number of carbonyl (C=O) groups excluding carboxylic acids is 1. The molecule has 1 aromatic carbocycles. The number of likely N-dealkylation sites (tertiary alicyclic amines) is 1. The number of rotatable bonds is 2. The van der Waals surface area contributed by atoms with E-state index in [4.69, 9.17) is 0 Å². The van der Waals surface area contributed by atoms with Crippen molar-refractivity contribution in [3.63, 3.8) is 0 Å². The van der Waals surface area contributed by atoms with Crippen LogP contribution in [0.5, 0.6) is 0 Å². The number of benzene rings is 1. The summed E-state index contributed by atoms with van der Waals surface area (Å²) in [5, 5.41) is 0.741. The molecule has 1 heterocycles. The zero-order valence-corrected chi connectivity index (χ0v) is 13.0. The number of amides is 1. The number of nitrogens with zero attached hydrogens (tertiary/aromatic N) is 1. The van der Waals surface area contributed by atoms with Gasteiger partial charge in [0.25, 0.3) is 5.91 Å². The molecule has 0 saturated carbocycles. The number of carbonyl (C=O) groups is 1. The molecule has 1 aromatic rings. The Morgan fingerprint density at radius 1 is 1.44 bits per heavy atom. The van der Waals surface area contributed by atoms with E-state index in [1.54, 1.807) is 17.0 Å². The highest BCUT2D eigenvalue weighted by molar-refractivity contribution is 9.10. The van der Waals surface area contributed by atoms with Crippen LogP contribution in [0.3, 0.4) is 0 Å². The van der Waals surface area contributed by atoms with Gasteiger partial charge in [0.05, 0.1) is 5.56 Å². The highest BCUT2D eigenvalue weighted by Crippen LogP contribution is 2.26. The summed E-state index contributed by atoms with van der Waals surface area (Å²) in [7, 11) is 0. The van der Waals surface area contributed by atoms with Gasteiger partial charge in [0.2, 0.25) is 0 Å². The van der Waals surface area contributed by atoms with Crippen molar-refractivity contribution < 1.29 is 9.18 Å². The predicted octanol–water partition coefficient (Wildman–Crippen LogP) is 3.98. The van der Waals surface area contributed by atoms with E-state index in [-0.39, 0.29) is 17.5 Å². The minimum absolute atomic E-state index is 0.144. The standard InChI is InChI=1S/C13H14Br2FNO/c14-8-9-4-1-2-7-17(9)13(18)12-10(15)5-3-6-11(12)16/h3,5-6,9H,1-2,4,7-8H2. The zero-order chi connectivity index (χ0) is 13.1. The maximum absolute atomic E-state index is 13.8. The Labute approximate surface area is 123 Å². The summed E-state index contributed by atoms with van der Waals surface area (Å²) in [5.74, 6) is -0.683. The number of hydrogen-bond acceptors (Lipinski definition) is 1. The zero-order valence-electron chi connectivity index (χ0n) is 9.83. The summed E-state index contributed by atoms with van der Waals surface area (Å²) in [6.45, 7) is 0.704. The SMILES string of the molecule is O=C(c1c(F)cccc1Br)N1CCCCC1CBr. The molecule has 98 valence electrons. The van der Waals surface area contributed by atoms with E-state index in [1.165, 1.54) is 6.07 Å². The lowest BCUT2D eigenvalue weighted by atomic mass is 10.0. The molecule has 1 atom stereocenters. The van der Waals surface area contributed by atoms with Crippen LogP contribution in [0.2, 0.25) is 0 Å². The molecule has 0 aromatic heterocycles. The highest BCUT2D eigenvalue weighted by atomic mass is 79.9. The molecule has 0 aliphatic carbocycles. The van der Waals surface area contributed by atoms with Gasteiger partial charge in [-0.1, -0.05) is 22.0 Å². The summed E-state index contributed by atoms with van der Waals surface area (Å²) in [5.41, 5.74) is 0.144. The van der Waals surface area contributed by atoms with E-state index in [9.17, 15) is 9.18 Å². The first-order valence-electron chi connectivity index (χ1n) is 5.96. The first-order chi connectivity index (χ1) is 8.65. The van der Waals surface area contributed by atoms with Crippen molar-refractivity contribution in [3.8, 4) is 0 Å². The van der Waals surface area contributed by atoms with E-state index < -0.39 is 5.82 Å². The lowest BCUT2D eigenvalue weighted by Gasteiger charge is -2.35. The van der Waals surface area contributed by atoms with Crippen molar-refractivity contribution >= 4 is 37.8 Å². The van der Waals surface area contributed by atoms with Gasteiger partial charge < -0.3 is 4.90 Å². The second-order valence-electron chi connectivity index (χ2n) is 4.40. The lowest BCUT2D eigenvalue weighted by Crippen LogP contribution is -2.45. The van der Waals surface area contributed by atoms with E-state index in [0.29, 0.717) is 11.0 Å². The van der Waals surface area contributed by atoms with Crippen LogP contribution in [0, 0.1) is 5.82 Å². The van der Waals surface area contributed by atoms with Crippen molar-refractivity contribution in [2.75, 3.05) is 11.9 Å². The summed E-state index contributed by atoms with van der Waals surface area (Å²) in [4.78, 5) is 14.2. The number of piperidine rings is 1. The van der Waals surface area contributed by atoms with E-state index in [1.807, 2.05) is 0 Å². The Kier molecular flexibility index (Phi) is 4.78. The van der Waals surface area contributed by atoms with Gasteiger partial charge in [0, 0.05) is 22.4 Å². The highest BCUT2D eigenvalue weighted by Gasteiger charge is 2.29. The van der Waals surface area contributed by atoms with Crippen LogP contribution in [0.15, 0.2) is 22.7 Å². The molecule has 1 fully saturated rings. The van der Waals surface area contributed by atoms with E-state index >= 15 is 0 Å². The maximum atomic E-state index is 13.8. The Morgan fingerprint density at radius 3 is 2.89 bits per heavy atom. The predicted molar refractivity (Wildman–Crippen MR) is 76.6 cm³/mol. The van der Waals surface area contributed by atoms with Crippen molar-refractivity contribution in [3.05, 3.63) is 34.1 Å². The Morgan fingerprint density at radius 2 is 2.22 bits per heavy atom. The minimum atomic E-state index is -0.465. The molecule has 1 amide bonds. The van der Waals surface area contributed by atoms with Crippen LogP contribution >= 0.6 is 31.9 Å². The van der Waals surface area contributed by atoms with Gasteiger partial charge in [0.1, 0.15) is 5.82 Å². The summed E-state index contributed by atoms with van der Waals surface area (Å²) in [6.07, 6.45) is 3.09. The second kappa shape index (κ2) is 6.15. The number of alkyl halides is 1. The Balaban J connectivity index is 2.30. The number of halogens is 3. The van der Waals surface area contributed by atoms with E-state index in [2.05, 4.69) is 31.9 Å². The van der Waals surface area contributed by atoms with E-state index in [0.717, 1.165) is 24.6 Å². The van der Waals surface area contributed by atoms with Gasteiger partial charge >= 0.3 is 0 Å². The Bertz CT molecular complexity index is 432. The van der Waals surface area contributed by atoms with Crippen molar-refractivity contribution in [1.82, 2.24) is 4.90 Å². The lowest BCUT2D eigenvalue weighted by molar-refractivity contribution is 0.0636. The van der Waals surface area contributed by atoms with Gasteiger partial charge in [-0.15, -0.1) is 0 Å². The molecule has 1 unspecified atom stereocenters. The third-order valence-corrected chi connectivity index (χ3v) is 4.65. The first-order valence-corrected chi connectivity index (χ1v) is 7.87. The van der Waals surface area contributed by atoms with Crippen molar-refractivity contribution in [1.29, 1.82) is 0 Å². The molecular formula is C13H14Br2FNO. The molecule has 18 heavy (non-hydrogen) atoms. The summed E-state index contributed by atoms with van der Waals surface area (Å²) < 4.78 is 14.3. The normalized spacial score (nSPS) is 19.9. The van der Waals surface area contributed by atoms with Crippen LogP contribution in [0.25, 0.3) is 0 Å². The van der Waals surface area contributed by atoms with Crippen molar-refractivity contribution in [2.45, 2.75) is 25.3 Å².